The fourth-order valence-corrected chi connectivity index (χ4v) is 4.54. The van der Waals surface area contributed by atoms with Crippen LogP contribution in [0.5, 0.6) is 0 Å². The molecule has 1 aromatic heterocycles. The van der Waals surface area contributed by atoms with Crippen LogP contribution in [0.15, 0.2) is 34.7 Å². The Morgan fingerprint density at radius 2 is 1.95 bits per heavy atom. The predicted molar refractivity (Wildman–Crippen MR) is 80.8 cm³/mol. The van der Waals surface area contributed by atoms with Crippen LogP contribution >= 0.6 is 0 Å². The number of rotatable bonds is 4. The Morgan fingerprint density at radius 3 is 2.67 bits per heavy atom. The van der Waals surface area contributed by atoms with Crippen LogP contribution in [-0.4, -0.2) is 32.6 Å². The first-order valence-corrected chi connectivity index (χ1v) is 8.81. The molecule has 1 atom stereocenters. The lowest BCUT2D eigenvalue weighted by molar-refractivity contribution is 0.0983. The molecule has 114 valence electrons. The Balaban J connectivity index is 1.77. The summed E-state index contributed by atoms with van der Waals surface area (Å²) in [6, 6.07) is 8.73. The summed E-state index contributed by atoms with van der Waals surface area (Å²) in [5.41, 5.74) is 6.78. The number of hydrogen-bond acceptors (Lipinski definition) is 5. The Bertz CT molecular complexity index is 683. The number of nitrogens with two attached hydrogens (primary N) is 1. The van der Waals surface area contributed by atoms with Crippen LogP contribution in [0.4, 0.5) is 0 Å². The Labute approximate surface area is 124 Å². The van der Waals surface area contributed by atoms with E-state index in [0.29, 0.717) is 31.8 Å². The molecule has 0 bridgehead atoms. The van der Waals surface area contributed by atoms with Crippen LogP contribution < -0.4 is 5.73 Å². The SMILES string of the molecule is NC(CS(=O)(=O)C1CCOCC1)c1cc2ccccc2o1. The average Bonchev–Trinajstić information content (AvgIpc) is 2.92. The molecule has 0 spiro atoms. The normalized spacial score (nSPS) is 18.9. The Hall–Kier alpha value is -1.37. The molecule has 1 fully saturated rings. The summed E-state index contributed by atoms with van der Waals surface area (Å²) in [4.78, 5) is 0. The third-order valence-corrected chi connectivity index (χ3v) is 6.21. The molecule has 1 aliphatic heterocycles. The first-order chi connectivity index (χ1) is 10.1. The molecule has 1 aromatic carbocycles. The summed E-state index contributed by atoms with van der Waals surface area (Å²) in [6.07, 6.45) is 1.10. The molecule has 2 heterocycles. The molecular formula is C15H19NO4S. The number of ether oxygens (including phenoxy) is 1. The molecule has 6 heteroatoms. The van der Waals surface area contributed by atoms with Gasteiger partial charge in [-0.15, -0.1) is 0 Å². The van der Waals surface area contributed by atoms with Crippen LogP contribution in [0.25, 0.3) is 11.0 Å². The maximum absolute atomic E-state index is 12.4. The molecule has 0 radical (unpaired) electrons. The number of hydrogen-bond donors (Lipinski definition) is 1. The van der Waals surface area contributed by atoms with Crippen molar-refractivity contribution in [2.45, 2.75) is 24.1 Å². The fraction of sp³-hybridized carbons (Fsp3) is 0.467. The Morgan fingerprint density at radius 1 is 1.24 bits per heavy atom. The largest absolute Gasteiger partial charge is 0.459 e. The van der Waals surface area contributed by atoms with Crippen LogP contribution in [0.3, 0.4) is 0 Å². The number of sulfone groups is 1. The van der Waals surface area contributed by atoms with Gasteiger partial charge in [0.25, 0.3) is 0 Å². The van der Waals surface area contributed by atoms with Gasteiger partial charge in [-0.2, -0.15) is 0 Å². The fourth-order valence-electron chi connectivity index (χ4n) is 2.69. The van der Waals surface area contributed by atoms with Gasteiger partial charge in [-0.25, -0.2) is 8.42 Å². The van der Waals surface area contributed by atoms with Gasteiger partial charge in [0.1, 0.15) is 11.3 Å². The van der Waals surface area contributed by atoms with Gasteiger partial charge in [0.15, 0.2) is 9.84 Å². The second kappa shape index (κ2) is 5.79. The van der Waals surface area contributed by atoms with Crippen LogP contribution in [0.2, 0.25) is 0 Å². The molecule has 21 heavy (non-hydrogen) atoms. The maximum atomic E-state index is 12.4. The summed E-state index contributed by atoms with van der Waals surface area (Å²) in [5, 5.41) is 0.591. The van der Waals surface area contributed by atoms with Crippen molar-refractivity contribution in [1.82, 2.24) is 0 Å². The van der Waals surface area contributed by atoms with E-state index in [1.54, 1.807) is 0 Å². The van der Waals surface area contributed by atoms with Crippen LogP contribution in [0.1, 0.15) is 24.6 Å². The minimum Gasteiger partial charge on any atom is -0.459 e. The van der Waals surface area contributed by atoms with E-state index in [4.69, 9.17) is 14.9 Å². The molecule has 1 saturated heterocycles. The lowest BCUT2D eigenvalue weighted by Gasteiger charge is -2.23. The minimum absolute atomic E-state index is 0.0858. The van der Waals surface area contributed by atoms with Gasteiger partial charge < -0.3 is 14.9 Å². The minimum atomic E-state index is -3.23. The van der Waals surface area contributed by atoms with Crippen LogP contribution in [-0.2, 0) is 14.6 Å². The topological polar surface area (TPSA) is 82.5 Å². The van der Waals surface area contributed by atoms with Crippen LogP contribution in [0, 0.1) is 0 Å². The van der Waals surface area contributed by atoms with Crippen molar-refractivity contribution in [2.75, 3.05) is 19.0 Å². The summed E-state index contributed by atoms with van der Waals surface area (Å²) >= 11 is 0. The highest BCUT2D eigenvalue weighted by Gasteiger charge is 2.30. The number of fused-ring (bicyclic) bond motifs is 1. The third kappa shape index (κ3) is 3.12. The third-order valence-electron chi connectivity index (χ3n) is 3.90. The predicted octanol–water partition coefficient (Wildman–Crippen LogP) is 2.03. The molecule has 5 nitrogen and oxygen atoms in total. The zero-order valence-corrected chi connectivity index (χ0v) is 12.5. The zero-order valence-electron chi connectivity index (χ0n) is 11.7. The first-order valence-electron chi connectivity index (χ1n) is 7.09. The van der Waals surface area contributed by atoms with Crippen molar-refractivity contribution in [3.05, 3.63) is 36.1 Å². The molecule has 2 aromatic rings. The lowest BCUT2D eigenvalue weighted by Crippen LogP contribution is -2.34. The number of furan rings is 1. The van der Waals surface area contributed by atoms with E-state index in [1.807, 2.05) is 30.3 Å². The summed E-state index contributed by atoms with van der Waals surface area (Å²) in [5.74, 6) is 0.434. The van der Waals surface area contributed by atoms with Gasteiger partial charge >= 0.3 is 0 Å². The second-order valence-corrected chi connectivity index (χ2v) is 7.76. The van der Waals surface area contributed by atoms with Crippen molar-refractivity contribution < 1.29 is 17.6 Å². The molecule has 1 aliphatic rings. The van der Waals surface area contributed by atoms with E-state index in [2.05, 4.69) is 0 Å². The number of para-hydroxylation sites is 1. The van der Waals surface area contributed by atoms with Gasteiger partial charge in [0.2, 0.25) is 0 Å². The average molecular weight is 309 g/mol. The Kier molecular flexibility index (Phi) is 4.01. The monoisotopic (exact) mass is 309 g/mol. The molecule has 1 unspecified atom stereocenters. The lowest BCUT2D eigenvalue weighted by atomic mass is 10.2. The van der Waals surface area contributed by atoms with Gasteiger partial charge in [0.05, 0.1) is 17.0 Å². The van der Waals surface area contributed by atoms with E-state index >= 15 is 0 Å². The van der Waals surface area contributed by atoms with Gasteiger partial charge in [-0.05, 0) is 25.0 Å². The first kappa shape index (κ1) is 14.6. The highest BCUT2D eigenvalue weighted by molar-refractivity contribution is 7.92. The second-order valence-electron chi connectivity index (χ2n) is 5.43. The molecular weight excluding hydrogens is 290 g/mol. The van der Waals surface area contributed by atoms with E-state index in [0.717, 1.165) is 11.0 Å². The smallest absolute Gasteiger partial charge is 0.155 e. The van der Waals surface area contributed by atoms with Gasteiger partial charge in [-0.3, -0.25) is 0 Å². The van der Waals surface area contributed by atoms with E-state index in [9.17, 15) is 8.42 Å². The maximum Gasteiger partial charge on any atom is 0.155 e. The molecule has 0 saturated carbocycles. The highest BCUT2D eigenvalue weighted by Crippen LogP contribution is 2.25. The standard InChI is InChI=1S/C15H19NO4S/c16-13(10-21(17,18)12-5-7-19-8-6-12)15-9-11-3-1-2-4-14(11)20-15/h1-4,9,12-13H,5-8,10,16H2. The van der Waals surface area contributed by atoms with Crippen molar-refractivity contribution >= 4 is 20.8 Å². The van der Waals surface area contributed by atoms with Gasteiger partial charge in [-0.1, -0.05) is 18.2 Å². The summed E-state index contributed by atoms with van der Waals surface area (Å²) in [7, 11) is -3.23. The van der Waals surface area contributed by atoms with Crippen molar-refractivity contribution in [1.29, 1.82) is 0 Å². The molecule has 0 aliphatic carbocycles. The molecule has 2 N–H and O–H groups in total. The van der Waals surface area contributed by atoms with Crippen molar-refractivity contribution in [3.8, 4) is 0 Å². The molecule has 3 rings (SSSR count). The van der Waals surface area contributed by atoms with Crippen molar-refractivity contribution in [2.24, 2.45) is 5.73 Å². The van der Waals surface area contributed by atoms with Crippen molar-refractivity contribution in [3.63, 3.8) is 0 Å². The summed E-state index contributed by atoms with van der Waals surface area (Å²) < 4.78 is 35.7. The quantitative estimate of drug-likeness (QED) is 0.934. The van der Waals surface area contributed by atoms with Gasteiger partial charge in [0, 0.05) is 18.6 Å². The van der Waals surface area contributed by atoms with E-state index in [1.165, 1.54) is 0 Å². The summed E-state index contributed by atoms with van der Waals surface area (Å²) in [6.45, 7) is 1.01. The molecule has 0 amide bonds. The van der Waals surface area contributed by atoms with E-state index in [-0.39, 0.29) is 11.0 Å². The highest BCUT2D eigenvalue weighted by atomic mass is 32.2. The van der Waals surface area contributed by atoms with E-state index < -0.39 is 15.9 Å². The zero-order chi connectivity index (χ0) is 14.9. The number of benzene rings is 1.